The van der Waals surface area contributed by atoms with E-state index < -0.39 is 0 Å². The molecule has 3 aromatic rings. The van der Waals surface area contributed by atoms with Gasteiger partial charge in [-0.15, -0.1) is 0 Å². The minimum Gasteiger partial charge on any atom is -0.492 e. The standard InChI is InChI=1S/C30H37N7O2/c1-20(2)13-36-24-7-25(36)15-35(14-24)28-4-3-22(11-33-28)27-8-26(16-37-29(27)23(10-31)12-34-37)38-6-5-21-9-30(39-17-21)18-32-19-30/h3-4,8,11-12,16,20-21,24-25,32H,5-7,9,13-15,17-19H2,1-2H3. The van der Waals surface area contributed by atoms with Gasteiger partial charge in [-0.2, -0.15) is 10.4 Å². The van der Waals surface area contributed by atoms with Crippen LogP contribution in [0.4, 0.5) is 5.82 Å². The van der Waals surface area contributed by atoms with Crippen LogP contribution in [0.25, 0.3) is 16.6 Å². The summed E-state index contributed by atoms with van der Waals surface area (Å²) in [5, 5.41) is 17.5. The molecule has 5 fully saturated rings. The molecule has 0 radical (unpaired) electrons. The highest BCUT2D eigenvalue weighted by Crippen LogP contribution is 2.37. The van der Waals surface area contributed by atoms with Crippen LogP contribution in [-0.4, -0.2) is 83.1 Å². The molecule has 9 heteroatoms. The quantitative estimate of drug-likeness (QED) is 0.477. The molecule has 5 aliphatic heterocycles. The molecule has 0 aliphatic carbocycles. The van der Waals surface area contributed by atoms with Gasteiger partial charge in [-0.3, -0.25) is 4.90 Å². The number of rotatable bonds is 8. The highest BCUT2D eigenvalue weighted by atomic mass is 16.5. The largest absolute Gasteiger partial charge is 0.492 e. The van der Waals surface area contributed by atoms with E-state index in [0.29, 0.717) is 36.1 Å². The van der Waals surface area contributed by atoms with Crippen LogP contribution < -0.4 is 15.0 Å². The van der Waals surface area contributed by atoms with Gasteiger partial charge in [0.2, 0.25) is 0 Å². The Labute approximate surface area is 229 Å². The van der Waals surface area contributed by atoms with Gasteiger partial charge in [-0.1, -0.05) is 13.8 Å². The summed E-state index contributed by atoms with van der Waals surface area (Å²) in [5.41, 5.74) is 3.27. The average molecular weight is 528 g/mol. The summed E-state index contributed by atoms with van der Waals surface area (Å²) in [5.74, 6) is 2.99. The fourth-order valence-corrected chi connectivity index (χ4v) is 6.92. The molecule has 204 valence electrons. The van der Waals surface area contributed by atoms with E-state index in [9.17, 15) is 5.26 Å². The van der Waals surface area contributed by atoms with Crippen molar-refractivity contribution in [3.8, 4) is 22.9 Å². The summed E-state index contributed by atoms with van der Waals surface area (Å²) >= 11 is 0. The highest BCUT2D eigenvalue weighted by molar-refractivity contribution is 5.85. The summed E-state index contributed by atoms with van der Waals surface area (Å²) in [7, 11) is 0. The van der Waals surface area contributed by atoms with Crippen molar-refractivity contribution < 1.29 is 9.47 Å². The topological polar surface area (TPSA) is 91.0 Å². The summed E-state index contributed by atoms with van der Waals surface area (Å²) in [4.78, 5) is 9.96. The van der Waals surface area contributed by atoms with E-state index >= 15 is 0 Å². The van der Waals surface area contributed by atoms with E-state index in [1.54, 1.807) is 10.7 Å². The average Bonchev–Trinajstić information content (AvgIpc) is 3.56. The monoisotopic (exact) mass is 527 g/mol. The van der Waals surface area contributed by atoms with E-state index in [-0.39, 0.29) is 5.60 Å². The molecule has 8 heterocycles. The summed E-state index contributed by atoms with van der Waals surface area (Å²) in [6, 6.07) is 9.82. The maximum atomic E-state index is 9.74. The first-order valence-corrected chi connectivity index (χ1v) is 14.4. The first kappa shape index (κ1) is 24.8. The summed E-state index contributed by atoms with van der Waals surface area (Å²) in [6.07, 6.45) is 8.78. The minimum absolute atomic E-state index is 0.0702. The van der Waals surface area contributed by atoms with Gasteiger partial charge in [-0.25, -0.2) is 9.50 Å². The Hall–Kier alpha value is -3.19. The highest BCUT2D eigenvalue weighted by Gasteiger charge is 2.45. The van der Waals surface area contributed by atoms with E-state index in [4.69, 9.17) is 14.5 Å². The minimum atomic E-state index is 0.0702. The Balaban J connectivity index is 1.07. The molecule has 9 nitrogen and oxygen atoms in total. The predicted molar refractivity (Wildman–Crippen MR) is 149 cm³/mol. The molecule has 2 bridgehead atoms. The predicted octanol–water partition coefficient (Wildman–Crippen LogP) is 3.33. The number of nitriles is 1. The second kappa shape index (κ2) is 9.77. The second-order valence-electron chi connectivity index (χ2n) is 12.3. The van der Waals surface area contributed by atoms with Crippen molar-refractivity contribution in [1.82, 2.24) is 24.8 Å². The molecule has 0 amide bonds. The van der Waals surface area contributed by atoms with Gasteiger partial charge >= 0.3 is 0 Å². The first-order chi connectivity index (χ1) is 19.0. The number of anilines is 1. The molecule has 1 N–H and O–H groups in total. The molecule has 8 rings (SSSR count). The zero-order chi connectivity index (χ0) is 26.6. The first-order valence-electron chi connectivity index (χ1n) is 14.4. The van der Waals surface area contributed by atoms with Gasteiger partial charge in [0.25, 0.3) is 0 Å². The lowest BCUT2D eigenvalue weighted by Crippen LogP contribution is -2.69. The maximum absolute atomic E-state index is 9.74. The van der Waals surface area contributed by atoms with Crippen LogP contribution in [-0.2, 0) is 4.74 Å². The molecule has 5 aliphatic rings. The Morgan fingerprint density at radius 2 is 2.08 bits per heavy atom. The number of nitrogens with zero attached hydrogens (tertiary/aromatic N) is 6. The number of pyridine rings is 2. The van der Waals surface area contributed by atoms with Crippen molar-refractivity contribution in [3.05, 3.63) is 42.4 Å². The number of nitrogens with one attached hydrogen (secondary N) is 1. The zero-order valence-corrected chi connectivity index (χ0v) is 22.8. The van der Waals surface area contributed by atoms with Crippen molar-refractivity contribution in [2.45, 2.75) is 50.8 Å². The van der Waals surface area contributed by atoms with Crippen LogP contribution >= 0.6 is 0 Å². The van der Waals surface area contributed by atoms with E-state index in [1.165, 1.54) is 13.0 Å². The summed E-state index contributed by atoms with van der Waals surface area (Å²) < 4.78 is 14.0. The lowest BCUT2D eigenvalue weighted by molar-refractivity contribution is -0.0363. The number of aromatic nitrogens is 3. The molecule has 3 atom stereocenters. The number of piperidine rings is 1. The molecule has 3 unspecified atom stereocenters. The van der Waals surface area contributed by atoms with Crippen LogP contribution in [0.5, 0.6) is 5.75 Å². The van der Waals surface area contributed by atoms with Gasteiger partial charge in [-0.05, 0) is 49.3 Å². The Bertz CT molecular complexity index is 1380. The Morgan fingerprint density at radius 1 is 1.23 bits per heavy atom. The smallest absolute Gasteiger partial charge is 0.138 e. The molecule has 39 heavy (non-hydrogen) atoms. The number of piperazine rings is 1. The lowest BCUT2D eigenvalue weighted by atomic mass is 9.86. The van der Waals surface area contributed by atoms with Gasteiger partial charge in [0.15, 0.2) is 0 Å². The fraction of sp³-hybridized carbons (Fsp3) is 0.567. The second-order valence-corrected chi connectivity index (χ2v) is 12.3. The SMILES string of the molecule is CC(C)CN1C2CC1CN(c1ccc(-c3cc(OCCC4COC5(CNC5)C4)cn4ncc(C#N)c34)cn1)C2. The fourth-order valence-electron chi connectivity index (χ4n) is 6.92. The third-order valence-corrected chi connectivity index (χ3v) is 8.99. The molecule has 3 aromatic heterocycles. The lowest BCUT2D eigenvalue weighted by Gasteiger charge is -2.57. The van der Waals surface area contributed by atoms with E-state index in [2.05, 4.69) is 52.3 Å². The number of hydrogen-bond acceptors (Lipinski definition) is 8. The molecular weight excluding hydrogens is 490 g/mol. The normalized spacial score (nSPS) is 25.6. The van der Waals surface area contributed by atoms with Crippen LogP contribution in [0, 0.1) is 23.2 Å². The van der Waals surface area contributed by atoms with Gasteiger partial charge < -0.3 is 19.7 Å². The molecule has 0 aromatic carbocycles. The molecule has 5 saturated heterocycles. The van der Waals surface area contributed by atoms with E-state index in [1.807, 2.05) is 18.5 Å². The molecule has 0 saturated carbocycles. The third kappa shape index (κ3) is 4.54. The van der Waals surface area contributed by atoms with Crippen LogP contribution in [0.1, 0.15) is 38.7 Å². The van der Waals surface area contributed by atoms with Crippen molar-refractivity contribution in [3.63, 3.8) is 0 Å². The Kier molecular flexibility index (Phi) is 6.22. The van der Waals surface area contributed by atoms with Crippen LogP contribution in [0.15, 0.2) is 36.8 Å². The zero-order valence-electron chi connectivity index (χ0n) is 22.8. The van der Waals surface area contributed by atoms with Gasteiger partial charge in [0.05, 0.1) is 42.3 Å². The van der Waals surface area contributed by atoms with Gasteiger partial charge in [0.1, 0.15) is 17.6 Å². The van der Waals surface area contributed by atoms with Gasteiger partial charge in [0, 0.05) is 62.1 Å². The third-order valence-electron chi connectivity index (χ3n) is 8.99. The maximum Gasteiger partial charge on any atom is 0.138 e. The van der Waals surface area contributed by atoms with Crippen molar-refractivity contribution >= 4 is 11.3 Å². The Morgan fingerprint density at radius 3 is 2.74 bits per heavy atom. The number of hydrogen-bond donors (Lipinski definition) is 1. The summed E-state index contributed by atoms with van der Waals surface area (Å²) in [6.45, 7) is 11.2. The number of fused-ring (bicyclic) bond motifs is 3. The van der Waals surface area contributed by atoms with Crippen LogP contribution in [0.2, 0.25) is 0 Å². The molecular formula is C30H37N7O2. The van der Waals surface area contributed by atoms with Crippen molar-refractivity contribution in [2.24, 2.45) is 11.8 Å². The number of ether oxygens (including phenoxy) is 2. The van der Waals surface area contributed by atoms with E-state index in [0.717, 1.165) is 73.8 Å². The van der Waals surface area contributed by atoms with Crippen molar-refractivity contribution in [2.75, 3.05) is 50.8 Å². The van der Waals surface area contributed by atoms with Crippen LogP contribution in [0.3, 0.4) is 0 Å². The van der Waals surface area contributed by atoms with Crippen molar-refractivity contribution in [1.29, 1.82) is 5.26 Å². The molecule has 1 spiro atoms.